The minimum atomic E-state index is -0.577. The van der Waals surface area contributed by atoms with E-state index in [2.05, 4.69) is 19.2 Å². The fourth-order valence-electron chi connectivity index (χ4n) is 4.46. The average molecular weight is 574 g/mol. The average Bonchev–Trinajstić information content (AvgIpc) is 3.01. The van der Waals surface area contributed by atoms with Crippen molar-refractivity contribution >= 4 is 23.9 Å². The van der Waals surface area contributed by atoms with E-state index in [9.17, 15) is 18.8 Å². The van der Waals surface area contributed by atoms with Gasteiger partial charge in [-0.1, -0.05) is 78.8 Å². The van der Waals surface area contributed by atoms with Crippen LogP contribution in [-0.4, -0.2) is 72.5 Å². The quantitative estimate of drug-likeness (QED) is 0.370. The number of carbonyl (C=O) groups excluding carboxylic acids is 3. The molecule has 1 N–H and O–H groups in total. The number of hydrogen-bond donors (Lipinski definition) is 1. The highest BCUT2D eigenvalue weighted by Crippen LogP contribution is 2.25. The lowest BCUT2D eigenvalue weighted by Gasteiger charge is -2.48. The zero-order chi connectivity index (χ0) is 31.4. The lowest BCUT2D eigenvalue weighted by atomic mass is 10.1. The first kappa shape index (κ1) is 37.7. The van der Waals surface area contributed by atoms with Gasteiger partial charge < -0.3 is 10.2 Å². The van der Waals surface area contributed by atoms with Crippen molar-refractivity contribution in [3.05, 3.63) is 66.0 Å². The highest BCUT2D eigenvalue weighted by molar-refractivity contribution is 5.96. The van der Waals surface area contributed by atoms with Gasteiger partial charge in [0.25, 0.3) is 0 Å². The zero-order valence-electron chi connectivity index (χ0n) is 26.6. The molecule has 1 aliphatic heterocycles. The van der Waals surface area contributed by atoms with Crippen LogP contribution in [0.2, 0.25) is 0 Å². The van der Waals surface area contributed by atoms with Crippen molar-refractivity contribution in [3.8, 4) is 0 Å². The summed E-state index contributed by atoms with van der Waals surface area (Å²) in [4.78, 5) is 40.8. The maximum absolute atomic E-state index is 12.8. The maximum Gasteiger partial charge on any atom is 0.244 e. The van der Waals surface area contributed by atoms with Crippen LogP contribution in [0.15, 0.2) is 54.6 Å². The fourth-order valence-corrected chi connectivity index (χ4v) is 4.46. The largest absolute Gasteiger partial charge is 0.336 e. The number of hydrogen-bond acceptors (Lipinski definition) is 5. The molecule has 9 heteroatoms. The van der Waals surface area contributed by atoms with Gasteiger partial charge in [-0.2, -0.15) is 0 Å². The second-order valence-electron chi connectivity index (χ2n) is 8.91. The number of benzene rings is 2. The Morgan fingerprint density at radius 3 is 2.05 bits per heavy atom. The fraction of sp³-hybridized carbons (Fsp3) is 0.531. The van der Waals surface area contributed by atoms with Gasteiger partial charge in [-0.05, 0) is 49.7 Å². The van der Waals surface area contributed by atoms with E-state index < -0.39 is 6.17 Å². The second-order valence-corrected chi connectivity index (χ2v) is 8.91. The molecular formula is C32H52FN5O3. The first-order valence-corrected chi connectivity index (χ1v) is 14.8. The zero-order valence-corrected chi connectivity index (χ0v) is 26.6. The number of para-hydroxylation sites is 1. The van der Waals surface area contributed by atoms with Gasteiger partial charge in [0.2, 0.25) is 18.2 Å². The summed E-state index contributed by atoms with van der Waals surface area (Å²) < 4.78 is 12.3. The third-order valence-corrected chi connectivity index (χ3v) is 6.43. The summed E-state index contributed by atoms with van der Waals surface area (Å²) in [5.41, 5.74) is 1.82. The van der Waals surface area contributed by atoms with Crippen LogP contribution in [0.3, 0.4) is 0 Å². The normalized spacial score (nSPS) is 14.6. The molecule has 0 radical (unpaired) electrons. The van der Waals surface area contributed by atoms with Crippen LogP contribution in [0.5, 0.6) is 0 Å². The number of nitrogens with one attached hydrogen (secondary N) is 1. The molecule has 1 atom stereocenters. The molecule has 2 aromatic rings. The molecular weight excluding hydrogens is 521 g/mol. The lowest BCUT2D eigenvalue weighted by Crippen LogP contribution is -2.67. The van der Waals surface area contributed by atoms with Crippen molar-refractivity contribution in [2.75, 3.05) is 32.1 Å². The number of rotatable bonds is 10. The summed E-state index contributed by atoms with van der Waals surface area (Å²) in [5, 5.41) is 6.10. The van der Waals surface area contributed by atoms with E-state index in [-0.39, 0.29) is 36.8 Å². The summed E-state index contributed by atoms with van der Waals surface area (Å²) in [6, 6.07) is 15.8. The third-order valence-electron chi connectivity index (χ3n) is 6.43. The van der Waals surface area contributed by atoms with E-state index in [1.165, 1.54) is 17.1 Å². The van der Waals surface area contributed by atoms with E-state index in [1.807, 2.05) is 76.9 Å². The molecule has 0 bridgehead atoms. The van der Waals surface area contributed by atoms with E-state index in [0.717, 1.165) is 37.0 Å². The number of carbonyl (C=O) groups is 3. The Labute approximate surface area is 247 Å². The van der Waals surface area contributed by atoms with Crippen LogP contribution in [0.25, 0.3) is 0 Å². The van der Waals surface area contributed by atoms with Crippen LogP contribution < -0.4 is 10.2 Å². The monoisotopic (exact) mass is 573 g/mol. The number of hydrazine groups is 1. The molecule has 8 nitrogen and oxygen atoms in total. The molecule has 2 aromatic carbocycles. The molecule has 1 fully saturated rings. The summed E-state index contributed by atoms with van der Waals surface area (Å²) in [5.74, 6) is -0.247. The predicted molar refractivity (Wildman–Crippen MR) is 166 cm³/mol. The molecule has 41 heavy (non-hydrogen) atoms. The minimum Gasteiger partial charge on any atom is -0.336 e. The van der Waals surface area contributed by atoms with Crippen molar-refractivity contribution in [2.45, 2.75) is 86.5 Å². The highest BCUT2D eigenvalue weighted by atomic mass is 19.1. The SMILES string of the molecule is CC.CC.CCC(=O)N(CC1N(c2ccccc2)C(=O)CN(C)N1C=O)C(CC)CC.CNCc1ccc(F)cc1. The number of halogens is 1. The number of amides is 3. The molecule has 1 heterocycles. The van der Waals surface area contributed by atoms with Crippen LogP contribution in [-0.2, 0) is 20.9 Å². The Morgan fingerprint density at radius 1 is 1.02 bits per heavy atom. The van der Waals surface area contributed by atoms with Gasteiger partial charge in [-0.25, -0.2) is 9.40 Å². The number of anilines is 1. The van der Waals surface area contributed by atoms with Gasteiger partial charge in [0.1, 0.15) is 12.0 Å². The standard InChI is InChI=1S/C20H30N4O3.C8H10FN.2C2H6/c1-5-16(6-2)22(19(26)7-3)13-18-23(15-25)21(4)14-20(27)24(18)17-11-9-8-10-12-17;1-10-6-7-2-4-8(9)5-3-7;2*1-2/h8-12,15-16,18H,5-7,13-14H2,1-4H3;2-5,10H,6H2,1H3;2*1-2H3. The summed E-state index contributed by atoms with van der Waals surface area (Å²) in [6.07, 6.45) is 2.19. The number of likely N-dealkylation sites (N-methyl/N-ethyl adjacent to an activating group) is 1. The molecule has 0 aromatic heterocycles. The Hall–Kier alpha value is -3.30. The molecule has 3 rings (SSSR count). The topological polar surface area (TPSA) is 76.2 Å². The van der Waals surface area contributed by atoms with Crippen molar-refractivity contribution in [3.63, 3.8) is 0 Å². The first-order valence-electron chi connectivity index (χ1n) is 14.8. The number of nitrogens with zero attached hydrogens (tertiary/aromatic N) is 4. The van der Waals surface area contributed by atoms with E-state index in [0.29, 0.717) is 6.42 Å². The minimum absolute atomic E-state index is 0.0308. The van der Waals surface area contributed by atoms with Gasteiger partial charge in [0, 0.05) is 31.7 Å². The molecule has 0 aliphatic carbocycles. The van der Waals surface area contributed by atoms with Crippen molar-refractivity contribution in [2.24, 2.45) is 0 Å². The Morgan fingerprint density at radius 2 is 1.59 bits per heavy atom. The van der Waals surface area contributed by atoms with Crippen LogP contribution in [0.4, 0.5) is 10.1 Å². The van der Waals surface area contributed by atoms with Crippen molar-refractivity contribution in [1.82, 2.24) is 20.2 Å². The van der Waals surface area contributed by atoms with Crippen molar-refractivity contribution < 1.29 is 18.8 Å². The Kier molecular flexibility index (Phi) is 19.7. The van der Waals surface area contributed by atoms with Gasteiger partial charge in [0.15, 0.2) is 0 Å². The Balaban J connectivity index is 0.000000950. The van der Waals surface area contributed by atoms with Gasteiger partial charge in [-0.3, -0.25) is 24.3 Å². The summed E-state index contributed by atoms with van der Waals surface area (Å²) in [6.45, 7) is 15.1. The molecule has 0 spiro atoms. The van der Waals surface area contributed by atoms with Crippen LogP contribution in [0, 0.1) is 5.82 Å². The molecule has 3 amide bonds. The molecule has 0 saturated carbocycles. The second kappa shape index (κ2) is 21.4. The van der Waals surface area contributed by atoms with E-state index in [4.69, 9.17) is 0 Å². The first-order chi connectivity index (χ1) is 19.8. The van der Waals surface area contributed by atoms with Gasteiger partial charge in [-0.15, -0.1) is 0 Å². The summed E-state index contributed by atoms with van der Waals surface area (Å²) >= 11 is 0. The summed E-state index contributed by atoms with van der Waals surface area (Å²) in [7, 11) is 3.58. The van der Waals surface area contributed by atoms with E-state index in [1.54, 1.807) is 29.1 Å². The lowest BCUT2D eigenvalue weighted by molar-refractivity contribution is -0.155. The van der Waals surface area contributed by atoms with E-state index >= 15 is 0 Å². The van der Waals surface area contributed by atoms with Gasteiger partial charge in [0.05, 0.1) is 13.1 Å². The van der Waals surface area contributed by atoms with Gasteiger partial charge >= 0.3 is 0 Å². The third kappa shape index (κ3) is 11.6. The smallest absolute Gasteiger partial charge is 0.244 e. The molecule has 230 valence electrons. The maximum atomic E-state index is 12.8. The molecule has 1 saturated heterocycles. The van der Waals surface area contributed by atoms with Crippen molar-refractivity contribution in [1.29, 1.82) is 0 Å². The molecule has 1 unspecified atom stereocenters. The van der Waals surface area contributed by atoms with Crippen LogP contribution >= 0.6 is 0 Å². The highest BCUT2D eigenvalue weighted by Gasteiger charge is 2.40. The van der Waals surface area contributed by atoms with Crippen LogP contribution in [0.1, 0.15) is 73.3 Å². The predicted octanol–water partition coefficient (Wildman–Crippen LogP) is 5.69. The molecule has 1 aliphatic rings. The Bertz CT molecular complexity index is 987.